The van der Waals surface area contributed by atoms with Gasteiger partial charge >= 0.3 is 0 Å². The summed E-state index contributed by atoms with van der Waals surface area (Å²) in [6.07, 6.45) is 6.88. The second-order valence-electron chi connectivity index (χ2n) is 7.61. The molecule has 2 rings (SSSR count). The molecule has 7 N–H and O–H groups in total. The number of allylic oxidation sites excluding steroid dienone is 2. The fourth-order valence-corrected chi connectivity index (χ4v) is 2.97. The van der Waals surface area contributed by atoms with Crippen LogP contribution in [-0.4, -0.2) is 55.1 Å². The molecule has 0 bridgehead atoms. The lowest BCUT2D eigenvalue weighted by Gasteiger charge is -2.22. The van der Waals surface area contributed by atoms with Gasteiger partial charge in [0.15, 0.2) is 0 Å². The lowest BCUT2D eigenvalue weighted by Crippen LogP contribution is -2.30. The fourth-order valence-electron chi connectivity index (χ4n) is 2.97. The van der Waals surface area contributed by atoms with Gasteiger partial charge in [-0.2, -0.15) is 0 Å². The fraction of sp³-hybridized carbons (Fsp3) is 0.348. The molecule has 0 saturated heterocycles. The SMILES string of the molecule is CN/C=C(\C(=N)N(C)CCOC)c1cnc2ccc(N/C(N)=C/C(=C\N)C(C)C)nc2c1. The van der Waals surface area contributed by atoms with Crippen molar-refractivity contribution in [2.75, 3.05) is 39.7 Å². The summed E-state index contributed by atoms with van der Waals surface area (Å²) < 4.78 is 5.13. The Hall–Kier alpha value is -3.59. The minimum atomic E-state index is 0.256. The molecule has 0 aromatic carbocycles. The van der Waals surface area contributed by atoms with Gasteiger partial charge in [0.05, 0.1) is 17.6 Å². The number of anilines is 1. The Balaban J connectivity index is 2.35. The summed E-state index contributed by atoms with van der Waals surface area (Å²) in [6.45, 7) is 5.23. The van der Waals surface area contributed by atoms with Gasteiger partial charge in [0, 0.05) is 51.3 Å². The van der Waals surface area contributed by atoms with Gasteiger partial charge in [-0.3, -0.25) is 10.4 Å². The number of likely N-dealkylation sites (N-methyl/N-ethyl adjacent to an activating group) is 1. The Kier molecular flexibility index (Phi) is 9.03. The molecule has 32 heavy (non-hydrogen) atoms. The third-order valence-corrected chi connectivity index (χ3v) is 4.86. The molecule has 0 spiro atoms. The van der Waals surface area contributed by atoms with Crippen LogP contribution in [0.4, 0.5) is 5.82 Å². The molecule has 0 radical (unpaired) electrons. The zero-order valence-electron chi connectivity index (χ0n) is 19.4. The average Bonchev–Trinajstić information content (AvgIpc) is 2.78. The second-order valence-corrected chi connectivity index (χ2v) is 7.61. The monoisotopic (exact) mass is 438 g/mol. The van der Waals surface area contributed by atoms with Crippen molar-refractivity contribution < 1.29 is 4.74 Å². The molecular weight excluding hydrogens is 404 g/mol. The Morgan fingerprint density at radius 1 is 1.31 bits per heavy atom. The summed E-state index contributed by atoms with van der Waals surface area (Å²) >= 11 is 0. The molecule has 172 valence electrons. The number of methoxy groups -OCH3 is 1. The highest BCUT2D eigenvalue weighted by Gasteiger charge is 2.14. The van der Waals surface area contributed by atoms with E-state index in [0.29, 0.717) is 41.7 Å². The van der Waals surface area contributed by atoms with Gasteiger partial charge in [-0.1, -0.05) is 13.8 Å². The molecule has 0 atom stereocenters. The van der Waals surface area contributed by atoms with Crippen LogP contribution in [0.2, 0.25) is 0 Å². The molecule has 9 nitrogen and oxygen atoms in total. The highest BCUT2D eigenvalue weighted by atomic mass is 16.5. The summed E-state index contributed by atoms with van der Waals surface area (Å²) in [5.41, 5.74) is 15.7. The Labute approximate surface area is 189 Å². The van der Waals surface area contributed by atoms with Crippen LogP contribution in [0.3, 0.4) is 0 Å². The molecule has 2 aromatic heterocycles. The summed E-state index contributed by atoms with van der Waals surface area (Å²) in [7, 11) is 5.30. The molecule has 0 amide bonds. The van der Waals surface area contributed by atoms with E-state index in [1.807, 2.05) is 44.0 Å². The number of nitrogens with two attached hydrogens (primary N) is 2. The van der Waals surface area contributed by atoms with Crippen LogP contribution in [-0.2, 0) is 4.74 Å². The normalized spacial score (nSPS) is 12.9. The third-order valence-electron chi connectivity index (χ3n) is 4.86. The first-order valence-corrected chi connectivity index (χ1v) is 10.4. The first-order valence-electron chi connectivity index (χ1n) is 10.4. The van der Waals surface area contributed by atoms with E-state index in [0.717, 1.165) is 16.7 Å². The maximum atomic E-state index is 8.59. The molecule has 2 heterocycles. The van der Waals surface area contributed by atoms with Crippen LogP contribution in [0, 0.1) is 11.3 Å². The van der Waals surface area contributed by atoms with Crippen molar-refractivity contribution in [1.82, 2.24) is 20.2 Å². The van der Waals surface area contributed by atoms with E-state index in [1.54, 1.807) is 38.8 Å². The number of aromatic nitrogens is 2. The van der Waals surface area contributed by atoms with Crippen molar-refractivity contribution in [2.45, 2.75) is 13.8 Å². The maximum absolute atomic E-state index is 8.59. The lowest BCUT2D eigenvalue weighted by molar-refractivity contribution is 0.183. The smallest absolute Gasteiger partial charge is 0.132 e. The van der Waals surface area contributed by atoms with Gasteiger partial charge in [0.25, 0.3) is 0 Å². The molecule has 2 aromatic rings. The van der Waals surface area contributed by atoms with Crippen LogP contribution >= 0.6 is 0 Å². The number of pyridine rings is 2. The topological polar surface area (TPSA) is 138 Å². The zero-order chi connectivity index (χ0) is 23.7. The number of hydrogen-bond donors (Lipinski definition) is 5. The van der Waals surface area contributed by atoms with Gasteiger partial charge < -0.3 is 31.7 Å². The average molecular weight is 439 g/mol. The molecular formula is C23H34N8O. The first kappa shape index (κ1) is 24.7. The molecule has 0 saturated carbocycles. The van der Waals surface area contributed by atoms with Crippen LogP contribution in [0.1, 0.15) is 19.4 Å². The number of ether oxygens (including phenoxy) is 1. The zero-order valence-corrected chi connectivity index (χ0v) is 19.4. The Morgan fingerprint density at radius 3 is 2.69 bits per heavy atom. The van der Waals surface area contributed by atoms with Crippen molar-refractivity contribution in [3.8, 4) is 0 Å². The first-order chi connectivity index (χ1) is 15.3. The molecule has 0 fully saturated rings. The minimum Gasteiger partial charge on any atom is -0.404 e. The van der Waals surface area contributed by atoms with Gasteiger partial charge in [-0.05, 0) is 42.0 Å². The standard InChI is InChI=1S/C23H34N8O/c1-15(2)16(12-24)11-21(25)30-22-7-6-19-20(29-22)10-17(13-28-19)18(14-27-3)23(26)31(4)8-9-32-5/h6-7,10-15,26-27H,8-9,24-25H2,1-5H3,(H,29,30)/b16-12+,18-14-,21-11+,26-23?. The number of nitrogens with one attached hydrogen (secondary N) is 3. The molecule has 9 heteroatoms. The minimum absolute atomic E-state index is 0.256. The maximum Gasteiger partial charge on any atom is 0.132 e. The number of fused-ring (bicyclic) bond motifs is 1. The molecule has 0 aliphatic carbocycles. The van der Waals surface area contributed by atoms with E-state index in [1.165, 1.54) is 0 Å². The summed E-state index contributed by atoms with van der Waals surface area (Å²) in [5, 5.41) is 14.7. The van der Waals surface area contributed by atoms with Crippen molar-refractivity contribution in [3.63, 3.8) is 0 Å². The van der Waals surface area contributed by atoms with Crippen molar-refractivity contribution in [2.24, 2.45) is 17.4 Å². The van der Waals surface area contributed by atoms with Crippen molar-refractivity contribution in [3.05, 3.63) is 59.8 Å². The van der Waals surface area contributed by atoms with Gasteiger partial charge in [-0.15, -0.1) is 0 Å². The van der Waals surface area contributed by atoms with E-state index in [9.17, 15) is 0 Å². The number of rotatable bonds is 10. The lowest BCUT2D eigenvalue weighted by atomic mass is 10.0. The summed E-state index contributed by atoms with van der Waals surface area (Å²) in [4.78, 5) is 11.0. The largest absolute Gasteiger partial charge is 0.404 e. The third kappa shape index (κ3) is 6.45. The van der Waals surface area contributed by atoms with Crippen LogP contribution in [0.5, 0.6) is 0 Å². The van der Waals surface area contributed by atoms with Gasteiger partial charge in [0.1, 0.15) is 17.5 Å². The van der Waals surface area contributed by atoms with Gasteiger partial charge in [0.2, 0.25) is 0 Å². The molecule has 0 unspecified atom stereocenters. The number of amidine groups is 1. The Morgan fingerprint density at radius 2 is 2.06 bits per heavy atom. The van der Waals surface area contributed by atoms with E-state index in [4.69, 9.17) is 21.6 Å². The van der Waals surface area contributed by atoms with Crippen molar-refractivity contribution >= 4 is 28.3 Å². The predicted molar refractivity (Wildman–Crippen MR) is 132 cm³/mol. The van der Waals surface area contributed by atoms with E-state index >= 15 is 0 Å². The predicted octanol–water partition coefficient (Wildman–Crippen LogP) is 2.46. The highest BCUT2D eigenvalue weighted by molar-refractivity contribution is 6.21. The molecule has 0 aliphatic heterocycles. The highest BCUT2D eigenvalue weighted by Crippen LogP contribution is 2.21. The summed E-state index contributed by atoms with van der Waals surface area (Å²) in [5.74, 6) is 1.65. The van der Waals surface area contributed by atoms with Crippen LogP contribution < -0.4 is 22.1 Å². The number of nitrogens with zero attached hydrogens (tertiary/aromatic N) is 3. The quantitative estimate of drug-likeness (QED) is 0.217. The van der Waals surface area contributed by atoms with E-state index < -0.39 is 0 Å². The van der Waals surface area contributed by atoms with E-state index in [2.05, 4.69) is 20.6 Å². The summed E-state index contributed by atoms with van der Waals surface area (Å²) in [6, 6.07) is 5.61. The van der Waals surface area contributed by atoms with Crippen LogP contribution in [0.25, 0.3) is 16.6 Å². The van der Waals surface area contributed by atoms with Gasteiger partial charge in [-0.25, -0.2) is 4.98 Å². The van der Waals surface area contributed by atoms with Crippen LogP contribution in [0.15, 0.2) is 54.3 Å². The Bertz CT molecular complexity index is 1030. The number of hydrogen-bond acceptors (Lipinski definition) is 8. The van der Waals surface area contributed by atoms with E-state index in [-0.39, 0.29) is 5.92 Å². The second kappa shape index (κ2) is 11.7. The van der Waals surface area contributed by atoms with Crippen molar-refractivity contribution in [1.29, 1.82) is 5.41 Å². The molecule has 0 aliphatic rings.